The van der Waals surface area contributed by atoms with E-state index >= 15 is 0 Å². The Balaban J connectivity index is 1.90. The Bertz CT molecular complexity index is 222. The average Bonchev–Trinajstić information content (AvgIpc) is 2.61. The van der Waals surface area contributed by atoms with Crippen LogP contribution in [0.4, 0.5) is 0 Å². The lowest BCUT2D eigenvalue weighted by molar-refractivity contribution is 0.00509. The summed E-state index contributed by atoms with van der Waals surface area (Å²) in [5.41, 5.74) is 0. The largest absolute Gasteiger partial charge is 0.396 e. The number of ether oxygens (including phenoxy) is 1. The van der Waals surface area contributed by atoms with Gasteiger partial charge in [0.05, 0.1) is 12.2 Å². The Morgan fingerprint density at radius 2 is 2.06 bits per heavy atom. The first-order valence-electron chi connectivity index (χ1n) is 6.62. The fourth-order valence-corrected chi connectivity index (χ4v) is 4.52. The van der Waals surface area contributed by atoms with Gasteiger partial charge in [0.15, 0.2) is 0 Å². The molecule has 0 aromatic carbocycles. The second kappa shape index (κ2) is 6.01. The van der Waals surface area contributed by atoms with E-state index in [4.69, 9.17) is 9.84 Å². The third-order valence-electron chi connectivity index (χ3n) is 4.30. The molecule has 0 bridgehead atoms. The van der Waals surface area contributed by atoms with Gasteiger partial charge in [0.2, 0.25) is 0 Å². The Morgan fingerprint density at radius 1 is 1.31 bits per heavy atom. The van der Waals surface area contributed by atoms with Gasteiger partial charge in [-0.05, 0) is 44.4 Å². The minimum atomic E-state index is 0.309. The molecule has 1 heterocycles. The molecule has 4 unspecified atom stereocenters. The normalized spacial score (nSPS) is 44.8. The van der Waals surface area contributed by atoms with Crippen LogP contribution < -0.4 is 0 Å². The van der Waals surface area contributed by atoms with Gasteiger partial charge < -0.3 is 9.84 Å². The molecule has 2 aliphatic rings. The van der Waals surface area contributed by atoms with E-state index in [1.807, 2.05) is 0 Å². The number of hydrogen-bond donors (Lipinski definition) is 1. The van der Waals surface area contributed by atoms with E-state index in [0.29, 0.717) is 24.7 Å². The van der Waals surface area contributed by atoms with Crippen LogP contribution in [-0.4, -0.2) is 27.8 Å². The van der Waals surface area contributed by atoms with E-state index in [-0.39, 0.29) is 0 Å². The first-order chi connectivity index (χ1) is 7.72. The summed E-state index contributed by atoms with van der Waals surface area (Å²) in [4.78, 5) is 0. The Labute approximate surface area is 112 Å². The lowest BCUT2D eigenvalue weighted by Gasteiger charge is -2.31. The molecule has 1 aliphatic carbocycles. The van der Waals surface area contributed by atoms with Gasteiger partial charge in [-0.15, -0.1) is 0 Å². The zero-order valence-electron chi connectivity index (χ0n) is 10.1. The van der Waals surface area contributed by atoms with Crippen molar-refractivity contribution in [3.05, 3.63) is 0 Å². The number of aliphatic hydroxyl groups is 1. The fourth-order valence-electron chi connectivity index (χ4n) is 3.26. The van der Waals surface area contributed by atoms with Crippen molar-refractivity contribution in [3.8, 4) is 0 Å². The number of halogens is 1. The van der Waals surface area contributed by atoms with Crippen LogP contribution in [0.1, 0.15) is 45.4 Å². The second-order valence-corrected chi connectivity index (χ2v) is 6.95. The Hall–Kier alpha value is 0.650. The highest BCUT2D eigenvalue weighted by Crippen LogP contribution is 2.41. The van der Waals surface area contributed by atoms with Gasteiger partial charge in [-0.2, -0.15) is 0 Å². The van der Waals surface area contributed by atoms with E-state index < -0.39 is 0 Å². The molecule has 0 spiro atoms. The molecule has 2 fully saturated rings. The van der Waals surface area contributed by atoms with E-state index in [1.165, 1.54) is 32.1 Å². The minimum absolute atomic E-state index is 0.309. The molecule has 0 aromatic rings. The first-order valence-corrected chi connectivity index (χ1v) is 7.87. The summed E-state index contributed by atoms with van der Waals surface area (Å²) in [7, 11) is 0. The minimum Gasteiger partial charge on any atom is -0.396 e. The number of rotatable bonds is 3. The molecule has 1 N–H and O–H groups in total. The van der Waals surface area contributed by atoms with E-state index in [1.54, 1.807) is 0 Å². The van der Waals surface area contributed by atoms with Crippen molar-refractivity contribution in [2.45, 2.75) is 61.6 Å². The van der Waals surface area contributed by atoms with Gasteiger partial charge in [-0.3, -0.25) is 0 Å². The first kappa shape index (κ1) is 13.1. The summed E-state index contributed by atoms with van der Waals surface area (Å²) in [5.74, 6) is 1.35. The maximum Gasteiger partial charge on any atom is 0.0620 e. The van der Waals surface area contributed by atoms with Crippen molar-refractivity contribution in [1.82, 2.24) is 0 Å². The predicted molar refractivity (Wildman–Crippen MR) is 73.9 cm³/mol. The van der Waals surface area contributed by atoms with Crippen LogP contribution in [0.15, 0.2) is 0 Å². The summed E-state index contributed by atoms with van der Waals surface area (Å²) in [6, 6.07) is 0. The molecule has 2 nitrogen and oxygen atoms in total. The van der Waals surface area contributed by atoms with Crippen molar-refractivity contribution < 1.29 is 9.84 Å². The van der Waals surface area contributed by atoms with E-state index in [0.717, 1.165) is 16.3 Å². The van der Waals surface area contributed by atoms with Crippen LogP contribution >= 0.6 is 22.6 Å². The number of aliphatic hydroxyl groups excluding tert-OH is 1. The van der Waals surface area contributed by atoms with Crippen LogP contribution in [0, 0.1) is 11.8 Å². The zero-order valence-corrected chi connectivity index (χ0v) is 12.2. The van der Waals surface area contributed by atoms with Gasteiger partial charge >= 0.3 is 0 Å². The van der Waals surface area contributed by atoms with Gasteiger partial charge in [-0.25, -0.2) is 0 Å². The van der Waals surface area contributed by atoms with Crippen LogP contribution in [0.25, 0.3) is 0 Å². The Morgan fingerprint density at radius 3 is 2.75 bits per heavy atom. The molecular formula is C13H23IO2. The maximum atomic E-state index is 9.04. The molecule has 1 aliphatic heterocycles. The van der Waals surface area contributed by atoms with Crippen molar-refractivity contribution in [1.29, 1.82) is 0 Å². The monoisotopic (exact) mass is 338 g/mol. The summed E-state index contributed by atoms with van der Waals surface area (Å²) in [5, 5.41) is 9.04. The van der Waals surface area contributed by atoms with Gasteiger partial charge in [0.1, 0.15) is 0 Å². The van der Waals surface area contributed by atoms with Crippen molar-refractivity contribution >= 4 is 22.6 Å². The van der Waals surface area contributed by atoms with E-state index in [9.17, 15) is 0 Å². The average molecular weight is 338 g/mol. The topological polar surface area (TPSA) is 29.5 Å². The predicted octanol–water partition coefficient (Wildman–Crippen LogP) is 3.16. The quantitative estimate of drug-likeness (QED) is 0.633. The summed E-state index contributed by atoms with van der Waals surface area (Å²) in [6.07, 6.45) is 8.38. The smallest absolute Gasteiger partial charge is 0.0620 e. The van der Waals surface area contributed by atoms with Gasteiger partial charge in [-0.1, -0.05) is 35.4 Å². The molecule has 0 amide bonds. The van der Waals surface area contributed by atoms with Crippen molar-refractivity contribution in [2.24, 2.45) is 11.8 Å². The van der Waals surface area contributed by atoms with Gasteiger partial charge in [0, 0.05) is 10.5 Å². The highest BCUT2D eigenvalue weighted by atomic mass is 127. The molecule has 2 rings (SSSR count). The Kier molecular flexibility index (Phi) is 4.91. The van der Waals surface area contributed by atoms with Crippen LogP contribution in [0.3, 0.4) is 0 Å². The zero-order chi connectivity index (χ0) is 11.5. The third-order valence-corrected chi connectivity index (χ3v) is 5.84. The van der Waals surface area contributed by atoms with E-state index in [2.05, 4.69) is 29.5 Å². The summed E-state index contributed by atoms with van der Waals surface area (Å²) < 4.78 is 6.92. The highest BCUT2D eigenvalue weighted by Gasteiger charge is 2.39. The molecule has 94 valence electrons. The molecular weight excluding hydrogens is 315 g/mol. The second-order valence-electron chi connectivity index (χ2n) is 5.35. The highest BCUT2D eigenvalue weighted by molar-refractivity contribution is 14.1. The summed E-state index contributed by atoms with van der Waals surface area (Å²) >= 11 is 2.61. The molecule has 0 aromatic heterocycles. The van der Waals surface area contributed by atoms with Crippen LogP contribution in [0.2, 0.25) is 0 Å². The number of hydrogen-bond acceptors (Lipinski definition) is 2. The fraction of sp³-hybridized carbons (Fsp3) is 1.00. The van der Waals surface area contributed by atoms with Crippen molar-refractivity contribution in [3.63, 3.8) is 0 Å². The van der Waals surface area contributed by atoms with Crippen LogP contribution in [-0.2, 0) is 4.74 Å². The van der Waals surface area contributed by atoms with Crippen LogP contribution in [0.5, 0.6) is 0 Å². The molecule has 3 heteroatoms. The molecule has 1 saturated carbocycles. The maximum absolute atomic E-state index is 9.04. The lowest BCUT2D eigenvalue weighted by atomic mass is 9.82. The SMILES string of the molecule is CC1O[C@@H](C2CCCCC2I)CC1CCO. The molecule has 1 saturated heterocycles. The lowest BCUT2D eigenvalue weighted by Crippen LogP contribution is -2.31. The summed E-state index contributed by atoms with van der Waals surface area (Å²) in [6.45, 7) is 2.48. The molecule has 0 radical (unpaired) electrons. The third kappa shape index (κ3) is 2.91. The molecule has 5 atom stereocenters. The molecule has 16 heavy (non-hydrogen) atoms. The van der Waals surface area contributed by atoms with Gasteiger partial charge in [0.25, 0.3) is 0 Å². The van der Waals surface area contributed by atoms with Crippen molar-refractivity contribution in [2.75, 3.05) is 6.61 Å². The number of alkyl halides is 1. The standard InChI is InChI=1S/C13H23IO2/c1-9-10(6-7-15)8-13(16-9)11-4-2-3-5-12(11)14/h9-13,15H,2-8H2,1H3/t9?,10?,11?,12?,13-/m1/s1.